The van der Waals surface area contributed by atoms with Crippen molar-refractivity contribution < 1.29 is 14.5 Å². The summed E-state index contributed by atoms with van der Waals surface area (Å²) in [4.78, 5) is 23.1. The van der Waals surface area contributed by atoms with Gasteiger partial charge in [-0.15, -0.1) is 0 Å². The van der Waals surface area contributed by atoms with E-state index >= 15 is 0 Å². The molecule has 0 unspecified atom stereocenters. The van der Waals surface area contributed by atoms with Gasteiger partial charge in [0.1, 0.15) is 5.75 Å². The van der Waals surface area contributed by atoms with E-state index in [-0.39, 0.29) is 29.2 Å². The van der Waals surface area contributed by atoms with Crippen molar-refractivity contribution in [3.05, 3.63) is 64.2 Å². The molecule has 7 nitrogen and oxygen atoms in total. The number of non-ortho nitro benzene ring substituents is 1. The first-order valence-corrected chi connectivity index (χ1v) is 8.77. The van der Waals surface area contributed by atoms with Crippen LogP contribution in [0.1, 0.15) is 32.4 Å². The lowest BCUT2D eigenvalue weighted by Crippen LogP contribution is -2.41. The molecule has 7 heteroatoms. The van der Waals surface area contributed by atoms with Crippen molar-refractivity contribution in [3.63, 3.8) is 0 Å². The van der Waals surface area contributed by atoms with Crippen molar-refractivity contribution in [3.8, 4) is 5.75 Å². The number of carbonyl (C=O) groups is 1. The van der Waals surface area contributed by atoms with Crippen LogP contribution >= 0.6 is 0 Å². The van der Waals surface area contributed by atoms with Gasteiger partial charge in [0.05, 0.1) is 23.8 Å². The molecule has 0 saturated carbocycles. The minimum atomic E-state index is -0.513. The summed E-state index contributed by atoms with van der Waals surface area (Å²) < 4.78 is 5.19. The lowest BCUT2D eigenvalue weighted by atomic mass is 9.95. The average Bonchev–Trinajstić information content (AvgIpc) is 2.66. The topological polar surface area (TPSA) is 93.5 Å². The van der Waals surface area contributed by atoms with Crippen LogP contribution in [0.15, 0.2) is 48.5 Å². The summed E-state index contributed by atoms with van der Waals surface area (Å²) in [6.45, 7) is 5.93. The molecule has 0 aliphatic carbocycles. The summed E-state index contributed by atoms with van der Waals surface area (Å²) in [5.74, 6) is 0.343. The molecule has 1 amide bonds. The van der Waals surface area contributed by atoms with Crippen molar-refractivity contribution in [1.29, 1.82) is 0 Å². The number of ether oxygens (including phenoxy) is 1. The first-order chi connectivity index (χ1) is 12.8. The maximum atomic E-state index is 12.7. The van der Waals surface area contributed by atoms with Gasteiger partial charge in [-0.2, -0.15) is 0 Å². The Morgan fingerprint density at radius 2 is 1.78 bits per heavy atom. The zero-order valence-electron chi connectivity index (χ0n) is 15.9. The molecular formula is C20H25N3O4. The van der Waals surface area contributed by atoms with E-state index in [1.807, 2.05) is 30.3 Å². The maximum absolute atomic E-state index is 12.7. The molecule has 0 heterocycles. The quantitative estimate of drug-likeness (QED) is 0.542. The Morgan fingerprint density at radius 3 is 2.33 bits per heavy atom. The highest BCUT2D eigenvalue weighted by Crippen LogP contribution is 2.29. The highest BCUT2D eigenvalue weighted by Gasteiger charge is 2.23. The van der Waals surface area contributed by atoms with Crippen molar-refractivity contribution in [2.24, 2.45) is 5.92 Å². The molecule has 2 aromatic rings. The second-order valence-electron chi connectivity index (χ2n) is 6.65. The van der Waals surface area contributed by atoms with Crippen LogP contribution in [0.4, 0.5) is 11.4 Å². The lowest BCUT2D eigenvalue weighted by molar-refractivity contribution is -0.384. The number of hydrogen-bond donors (Lipinski definition) is 2. The summed E-state index contributed by atoms with van der Waals surface area (Å²) >= 11 is 0. The van der Waals surface area contributed by atoms with Gasteiger partial charge in [0, 0.05) is 18.2 Å². The molecule has 2 rings (SSSR count). The predicted molar refractivity (Wildman–Crippen MR) is 105 cm³/mol. The Labute approximate surface area is 158 Å². The minimum Gasteiger partial charge on any atom is -0.495 e. The van der Waals surface area contributed by atoms with Gasteiger partial charge in [0.25, 0.3) is 5.69 Å². The number of nitro benzene ring substituents is 1. The number of carbonyl (C=O) groups excluding carboxylic acids is 1. The van der Waals surface area contributed by atoms with E-state index in [2.05, 4.69) is 24.5 Å². The largest absolute Gasteiger partial charge is 0.495 e. The SMILES string of the molecule is COc1ccc([N+](=O)[O-])cc1NC(=O)[C@H](C)N[C@H](c1ccccc1)C(C)C. The Hall–Kier alpha value is -2.93. The van der Waals surface area contributed by atoms with Crippen LogP contribution in [-0.2, 0) is 4.79 Å². The first-order valence-electron chi connectivity index (χ1n) is 8.77. The molecule has 0 bridgehead atoms. The van der Waals surface area contributed by atoms with Gasteiger partial charge in [0.15, 0.2) is 0 Å². The van der Waals surface area contributed by atoms with Crippen molar-refractivity contribution in [1.82, 2.24) is 5.32 Å². The number of nitrogens with one attached hydrogen (secondary N) is 2. The molecule has 0 aliphatic rings. The molecule has 0 fully saturated rings. The third-order valence-electron chi connectivity index (χ3n) is 4.30. The molecule has 0 saturated heterocycles. The van der Waals surface area contributed by atoms with Gasteiger partial charge in [0.2, 0.25) is 5.91 Å². The Morgan fingerprint density at radius 1 is 1.11 bits per heavy atom. The highest BCUT2D eigenvalue weighted by atomic mass is 16.6. The van der Waals surface area contributed by atoms with Crippen molar-refractivity contribution in [2.45, 2.75) is 32.9 Å². The fourth-order valence-electron chi connectivity index (χ4n) is 2.83. The highest BCUT2D eigenvalue weighted by molar-refractivity contribution is 5.96. The predicted octanol–water partition coefficient (Wildman–Crippen LogP) is 3.92. The third-order valence-corrected chi connectivity index (χ3v) is 4.30. The van der Waals surface area contributed by atoms with E-state index in [1.165, 1.54) is 25.3 Å². The summed E-state index contributed by atoms with van der Waals surface area (Å²) in [7, 11) is 1.45. The summed E-state index contributed by atoms with van der Waals surface area (Å²) in [6, 6.07) is 13.5. The van der Waals surface area contributed by atoms with Crippen LogP contribution < -0.4 is 15.4 Å². The Kier molecular flexibility index (Phi) is 6.90. The van der Waals surface area contributed by atoms with E-state index in [1.54, 1.807) is 6.92 Å². The lowest BCUT2D eigenvalue weighted by Gasteiger charge is -2.26. The van der Waals surface area contributed by atoms with Crippen LogP contribution in [-0.4, -0.2) is 24.0 Å². The first kappa shape index (κ1) is 20.4. The third kappa shape index (κ3) is 5.27. The number of methoxy groups -OCH3 is 1. The Bertz CT molecular complexity index is 793. The summed E-state index contributed by atoms with van der Waals surface area (Å²) in [5.41, 5.74) is 1.25. The number of benzene rings is 2. The normalized spacial score (nSPS) is 13.1. The van der Waals surface area contributed by atoms with Gasteiger partial charge in [-0.05, 0) is 24.5 Å². The van der Waals surface area contributed by atoms with E-state index in [0.29, 0.717) is 5.75 Å². The molecule has 0 radical (unpaired) electrons. The van der Waals surface area contributed by atoms with E-state index < -0.39 is 11.0 Å². The van der Waals surface area contributed by atoms with Crippen LogP contribution in [0.25, 0.3) is 0 Å². The Balaban J connectivity index is 2.15. The van der Waals surface area contributed by atoms with Gasteiger partial charge in [-0.25, -0.2) is 0 Å². The average molecular weight is 371 g/mol. The van der Waals surface area contributed by atoms with Gasteiger partial charge in [-0.1, -0.05) is 44.2 Å². The van der Waals surface area contributed by atoms with Gasteiger partial charge >= 0.3 is 0 Å². The van der Waals surface area contributed by atoms with E-state index in [4.69, 9.17) is 4.74 Å². The number of amides is 1. The fraction of sp³-hybridized carbons (Fsp3) is 0.350. The smallest absolute Gasteiger partial charge is 0.271 e. The molecule has 0 spiro atoms. The van der Waals surface area contributed by atoms with E-state index in [0.717, 1.165) is 5.56 Å². The monoisotopic (exact) mass is 371 g/mol. The second-order valence-corrected chi connectivity index (χ2v) is 6.65. The molecule has 144 valence electrons. The minimum absolute atomic E-state index is 0.000968. The number of nitro groups is 1. The second kappa shape index (κ2) is 9.14. The molecule has 2 N–H and O–H groups in total. The number of nitrogens with zero attached hydrogens (tertiary/aromatic N) is 1. The molecule has 27 heavy (non-hydrogen) atoms. The zero-order chi connectivity index (χ0) is 20.0. The number of anilines is 1. The van der Waals surface area contributed by atoms with Gasteiger partial charge < -0.3 is 10.1 Å². The van der Waals surface area contributed by atoms with Crippen LogP contribution in [0, 0.1) is 16.0 Å². The van der Waals surface area contributed by atoms with Crippen LogP contribution in [0.5, 0.6) is 5.75 Å². The van der Waals surface area contributed by atoms with E-state index in [9.17, 15) is 14.9 Å². The number of rotatable bonds is 8. The standard InChI is InChI=1S/C20H25N3O4/c1-13(2)19(15-8-6-5-7-9-15)21-14(3)20(24)22-17-12-16(23(25)26)10-11-18(17)27-4/h5-14,19,21H,1-4H3,(H,22,24)/t14-,19-/m0/s1. The molecule has 2 atom stereocenters. The van der Waals surface area contributed by atoms with Crippen molar-refractivity contribution >= 4 is 17.3 Å². The maximum Gasteiger partial charge on any atom is 0.271 e. The van der Waals surface area contributed by atoms with Crippen molar-refractivity contribution in [2.75, 3.05) is 12.4 Å². The zero-order valence-corrected chi connectivity index (χ0v) is 15.9. The van der Waals surface area contributed by atoms with Crippen LogP contribution in [0.2, 0.25) is 0 Å². The molecule has 0 aliphatic heterocycles. The van der Waals surface area contributed by atoms with Crippen LogP contribution in [0.3, 0.4) is 0 Å². The summed E-state index contributed by atoms with van der Waals surface area (Å²) in [5, 5.41) is 17.1. The van der Waals surface area contributed by atoms with Gasteiger partial charge in [-0.3, -0.25) is 20.2 Å². The summed E-state index contributed by atoms with van der Waals surface area (Å²) in [6.07, 6.45) is 0. The number of hydrogen-bond acceptors (Lipinski definition) is 5. The molecule has 2 aromatic carbocycles. The molecule has 0 aromatic heterocycles. The fourth-order valence-corrected chi connectivity index (χ4v) is 2.83. The molecular weight excluding hydrogens is 346 g/mol.